The summed E-state index contributed by atoms with van der Waals surface area (Å²) in [7, 11) is 0. The minimum absolute atomic E-state index is 0.228. The van der Waals surface area contributed by atoms with Crippen molar-refractivity contribution in [3.8, 4) is 0 Å². The maximum atomic E-state index is 11.4. The third kappa shape index (κ3) is 1.55. The van der Waals surface area contributed by atoms with Gasteiger partial charge in [0, 0.05) is 11.6 Å². The molecule has 0 aliphatic heterocycles. The molecule has 0 aliphatic carbocycles. The number of rotatable bonds is 2. The number of carboxylic acid groups (broad SMARTS) is 1. The monoisotopic (exact) mass is 254 g/mol. The molecule has 0 fully saturated rings. The Hall–Kier alpha value is -2.82. The number of carbonyl (C=O) groups excluding carboxylic acids is 1. The average molecular weight is 254 g/mol. The molecule has 0 spiro atoms. The number of fused-ring (bicyclic) bond motifs is 3. The smallest absolute Gasteiger partial charge is 0.338 e. The number of aromatic carboxylic acids is 1. The Morgan fingerprint density at radius 1 is 1.05 bits per heavy atom. The predicted molar refractivity (Wildman–Crippen MR) is 70.4 cm³/mol. The molecule has 0 unspecified atom stereocenters. The Labute approximate surface area is 107 Å². The van der Waals surface area contributed by atoms with Crippen LogP contribution in [0.4, 0.5) is 0 Å². The number of amides is 1. The number of pyridine rings is 1. The molecular weight excluding hydrogens is 244 g/mol. The van der Waals surface area contributed by atoms with Gasteiger partial charge >= 0.3 is 5.97 Å². The average Bonchev–Trinajstić information content (AvgIpc) is 2.72. The van der Waals surface area contributed by atoms with E-state index < -0.39 is 11.9 Å². The molecule has 0 aliphatic rings. The highest BCUT2D eigenvalue weighted by molar-refractivity contribution is 6.11. The minimum atomic E-state index is -0.995. The van der Waals surface area contributed by atoms with E-state index in [1.54, 1.807) is 34.9 Å². The zero-order valence-corrected chi connectivity index (χ0v) is 9.83. The number of primary amides is 1. The molecule has 3 N–H and O–H groups in total. The van der Waals surface area contributed by atoms with Crippen molar-refractivity contribution in [3.63, 3.8) is 0 Å². The molecule has 0 saturated heterocycles. The predicted octanol–water partition coefficient (Wildman–Crippen LogP) is 1.89. The maximum Gasteiger partial charge on any atom is 0.338 e. The van der Waals surface area contributed by atoms with Crippen molar-refractivity contribution in [3.05, 3.63) is 53.7 Å². The van der Waals surface area contributed by atoms with Crippen LogP contribution in [0, 0.1) is 0 Å². The zero-order valence-electron chi connectivity index (χ0n) is 9.83. The minimum Gasteiger partial charge on any atom is -0.478 e. The van der Waals surface area contributed by atoms with E-state index in [0.29, 0.717) is 16.5 Å². The van der Waals surface area contributed by atoms with Gasteiger partial charge in [-0.15, -0.1) is 0 Å². The van der Waals surface area contributed by atoms with Crippen LogP contribution < -0.4 is 5.73 Å². The van der Waals surface area contributed by atoms with Gasteiger partial charge in [-0.05, 0) is 18.2 Å². The second kappa shape index (κ2) is 3.84. The van der Waals surface area contributed by atoms with Gasteiger partial charge in [0.2, 0.25) is 5.91 Å². The van der Waals surface area contributed by atoms with Gasteiger partial charge in [-0.1, -0.05) is 18.2 Å². The first-order valence-electron chi connectivity index (χ1n) is 5.65. The van der Waals surface area contributed by atoms with Gasteiger partial charge < -0.3 is 15.2 Å². The van der Waals surface area contributed by atoms with E-state index in [2.05, 4.69) is 0 Å². The fourth-order valence-electron chi connectivity index (χ4n) is 2.31. The Balaban J connectivity index is 2.52. The van der Waals surface area contributed by atoms with E-state index in [0.717, 1.165) is 5.52 Å². The highest BCUT2D eigenvalue weighted by Gasteiger charge is 2.17. The van der Waals surface area contributed by atoms with Crippen molar-refractivity contribution < 1.29 is 14.7 Å². The maximum absolute atomic E-state index is 11.4. The molecule has 19 heavy (non-hydrogen) atoms. The quantitative estimate of drug-likeness (QED) is 0.732. The van der Waals surface area contributed by atoms with Gasteiger partial charge in [0.1, 0.15) is 0 Å². The van der Waals surface area contributed by atoms with Crippen LogP contribution in [0.25, 0.3) is 16.4 Å². The Morgan fingerprint density at radius 3 is 2.47 bits per heavy atom. The fraction of sp³-hybridized carbons (Fsp3) is 0. The lowest BCUT2D eigenvalue weighted by Crippen LogP contribution is -2.11. The summed E-state index contributed by atoms with van der Waals surface area (Å²) in [6, 6.07) is 10.3. The van der Waals surface area contributed by atoms with E-state index in [4.69, 9.17) is 5.73 Å². The number of nitrogens with two attached hydrogens (primary N) is 1. The van der Waals surface area contributed by atoms with Crippen molar-refractivity contribution in [2.75, 3.05) is 0 Å². The number of carboxylic acids is 1. The molecule has 0 radical (unpaired) electrons. The summed E-state index contributed by atoms with van der Waals surface area (Å²) < 4.78 is 1.68. The van der Waals surface area contributed by atoms with Crippen LogP contribution in [0.1, 0.15) is 20.7 Å². The number of hydrogen-bond donors (Lipinski definition) is 2. The summed E-state index contributed by atoms with van der Waals surface area (Å²) in [6.07, 6.45) is 1.56. The number of nitrogens with zero attached hydrogens (tertiary/aromatic N) is 1. The number of hydrogen-bond acceptors (Lipinski definition) is 2. The van der Waals surface area contributed by atoms with Gasteiger partial charge in [-0.2, -0.15) is 0 Å². The molecule has 2 heterocycles. The van der Waals surface area contributed by atoms with E-state index in [-0.39, 0.29) is 5.56 Å². The SMILES string of the molecule is NC(=O)c1ccc2c(C(=O)O)c3ccccc3n2c1. The zero-order chi connectivity index (χ0) is 13.6. The van der Waals surface area contributed by atoms with Gasteiger partial charge in [0.25, 0.3) is 0 Å². The van der Waals surface area contributed by atoms with Crippen LogP contribution in [0.2, 0.25) is 0 Å². The lowest BCUT2D eigenvalue weighted by Gasteiger charge is -2.00. The molecule has 0 atom stereocenters. The van der Waals surface area contributed by atoms with Crippen LogP contribution in [0.15, 0.2) is 42.6 Å². The highest BCUT2D eigenvalue weighted by Crippen LogP contribution is 2.27. The molecule has 3 rings (SSSR count). The van der Waals surface area contributed by atoms with Gasteiger partial charge in [-0.25, -0.2) is 4.79 Å². The molecule has 1 aromatic carbocycles. The van der Waals surface area contributed by atoms with Crippen LogP contribution in [0.3, 0.4) is 0 Å². The summed E-state index contributed by atoms with van der Waals surface area (Å²) >= 11 is 0. The number of carbonyl (C=O) groups is 2. The van der Waals surface area contributed by atoms with Crippen molar-refractivity contribution in [2.45, 2.75) is 0 Å². The van der Waals surface area contributed by atoms with E-state index in [1.807, 2.05) is 6.07 Å². The first kappa shape index (κ1) is 11.3. The second-order valence-electron chi connectivity index (χ2n) is 4.23. The second-order valence-corrected chi connectivity index (χ2v) is 4.23. The lowest BCUT2D eigenvalue weighted by molar-refractivity contribution is 0.0701. The van der Waals surface area contributed by atoms with Gasteiger partial charge in [-0.3, -0.25) is 4.79 Å². The third-order valence-corrected chi connectivity index (χ3v) is 3.14. The third-order valence-electron chi connectivity index (χ3n) is 3.14. The number of aromatic nitrogens is 1. The Bertz CT molecular complexity index is 833. The molecule has 94 valence electrons. The summed E-state index contributed by atoms with van der Waals surface area (Å²) in [5.41, 5.74) is 7.09. The normalized spacial score (nSPS) is 10.9. The molecule has 5 heteroatoms. The first-order valence-corrected chi connectivity index (χ1v) is 5.65. The Kier molecular flexibility index (Phi) is 2.28. The van der Waals surface area contributed by atoms with E-state index in [1.165, 1.54) is 6.07 Å². The fourth-order valence-corrected chi connectivity index (χ4v) is 2.31. The van der Waals surface area contributed by atoms with Crippen molar-refractivity contribution in [2.24, 2.45) is 5.73 Å². The molecule has 0 saturated carbocycles. The topological polar surface area (TPSA) is 84.8 Å². The molecule has 0 bridgehead atoms. The van der Waals surface area contributed by atoms with Gasteiger partial charge in [0.15, 0.2) is 0 Å². The summed E-state index contributed by atoms with van der Waals surface area (Å²) in [5.74, 6) is -1.54. The lowest BCUT2D eigenvalue weighted by atomic mass is 10.1. The first-order chi connectivity index (χ1) is 9.09. The highest BCUT2D eigenvalue weighted by atomic mass is 16.4. The van der Waals surface area contributed by atoms with Crippen molar-refractivity contribution in [1.82, 2.24) is 4.40 Å². The summed E-state index contributed by atoms with van der Waals surface area (Å²) in [5, 5.41) is 9.98. The van der Waals surface area contributed by atoms with Crippen LogP contribution in [0.5, 0.6) is 0 Å². The Morgan fingerprint density at radius 2 is 1.79 bits per heavy atom. The largest absolute Gasteiger partial charge is 0.478 e. The van der Waals surface area contributed by atoms with Gasteiger partial charge in [0.05, 0.1) is 22.2 Å². The molecule has 3 aromatic rings. The van der Waals surface area contributed by atoms with Crippen molar-refractivity contribution >= 4 is 28.3 Å². The molecular formula is C14H10N2O3. The summed E-state index contributed by atoms with van der Waals surface area (Å²) in [6.45, 7) is 0. The molecule has 2 aromatic heterocycles. The van der Waals surface area contributed by atoms with Crippen LogP contribution in [-0.4, -0.2) is 21.4 Å². The van der Waals surface area contributed by atoms with E-state index >= 15 is 0 Å². The molecule has 5 nitrogen and oxygen atoms in total. The number of para-hydroxylation sites is 1. The standard InChI is InChI=1S/C14H10N2O3/c15-13(17)8-5-6-11-12(14(18)19)9-3-1-2-4-10(9)16(11)7-8/h1-7H,(H2,15,17)(H,18,19). The number of benzene rings is 1. The molecule has 1 amide bonds. The van der Waals surface area contributed by atoms with Crippen molar-refractivity contribution in [1.29, 1.82) is 0 Å². The van der Waals surface area contributed by atoms with E-state index in [9.17, 15) is 14.7 Å². The summed E-state index contributed by atoms with van der Waals surface area (Å²) in [4.78, 5) is 22.6. The van der Waals surface area contributed by atoms with Crippen LogP contribution >= 0.6 is 0 Å². The van der Waals surface area contributed by atoms with Crippen LogP contribution in [-0.2, 0) is 0 Å².